The minimum absolute atomic E-state index is 0.0438. The molecule has 1 N–H and O–H groups in total. The smallest absolute Gasteiger partial charge is 0.200 e. The second-order valence-corrected chi connectivity index (χ2v) is 4.62. The molecule has 0 heterocycles. The van der Waals surface area contributed by atoms with Crippen molar-refractivity contribution in [3.63, 3.8) is 0 Å². The Morgan fingerprint density at radius 1 is 0.826 bits per heavy atom. The van der Waals surface area contributed by atoms with Crippen molar-refractivity contribution < 1.29 is 28.8 Å². The maximum absolute atomic E-state index is 12.8. The summed E-state index contributed by atoms with van der Waals surface area (Å²) in [6.07, 6.45) is 0. The molecule has 6 nitrogen and oxygen atoms in total. The first-order valence-corrected chi connectivity index (χ1v) is 6.77. The van der Waals surface area contributed by atoms with Crippen molar-refractivity contribution in [3.05, 3.63) is 41.5 Å². The normalized spacial score (nSPS) is 10.1. The zero-order chi connectivity index (χ0) is 17.0. The van der Waals surface area contributed by atoms with Gasteiger partial charge in [-0.2, -0.15) is 0 Å². The zero-order valence-electron chi connectivity index (χ0n) is 13.4. The lowest BCUT2D eigenvalue weighted by Crippen LogP contribution is -2.07. The Morgan fingerprint density at radius 2 is 1.39 bits per heavy atom. The lowest BCUT2D eigenvalue weighted by Gasteiger charge is -2.14. The topological polar surface area (TPSA) is 74.2 Å². The molecule has 6 heteroatoms. The predicted molar refractivity (Wildman–Crippen MR) is 84.2 cm³/mol. The molecule has 0 amide bonds. The number of carbonyl (C=O) groups is 1. The van der Waals surface area contributed by atoms with E-state index in [1.165, 1.54) is 46.6 Å². The molecule has 0 aliphatic carbocycles. The second kappa shape index (κ2) is 6.91. The van der Waals surface area contributed by atoms with Crippen LogP contribution in [-0.4, -0.2) is 39.3 Å². The Kier molecular flexibility index (Phi) is 4.95. The molecule has 0 spiro atoms. The third kappa shape index (κ3) is 3.15. The Morgan fingerprint density at radius 3 is 1.87 bits per heavy atom. The molecule has 0 atom stereocenters. The van der Waals surface area contributed by atoms with Crippen LogP contribution in [0.3, 0.4) is 0 Å². The van der Waals surface area contributed by atoms with E-state index in [0.29, 0.717) is 22.8 Å². The van der Waals surface area contributed by atoms with E-state index >= 15 is 0 Å². The van der Waals surface area contributed by atoms with E-state index in [1.807, 2.05) is 0 Å². The summed E-state index contributed by atoms with van der Waals surface area (Å²) in [5.74, 6) is 1.02. The summed E-state index contributed by atoms with van der Waals surface area (Å²) >= 11 is 0. The van der Waals surface area contributed by atoms with Gasteiger partial charge in [-0.05, 0) is 18.2 Å². The summed E-state index contributed by atoms with van der Waals surface area (Å²) in [4.78, 5) is 12.8. The van der Waals surface area contributed by atoms with Crippen LogP contribution in [0.4, 0.5) is 0 Å². The average Bonchev–Trinajstić information content (AvgIpc) is 2.60. The van der Waals surface area contributed by atoms with Crippen LogP contribution in [0.2, 0.25) is 0 Å². The molecule has 23 heavy (non-hydrogen) atoms. The number of rotatable bonds is 6. The van der Waals surface area contributed by atoms with E-state index in [0.717, 1.165) is 0 Å². The van der Waals surface area contributed by atoms with Gasteiger partial charge >= 0.3 is 0 Å². The summed E-state index contributed by atoms with van der Waals surface area (Å²) in [5, 5.41) is 9.65. The summed E-state index contributed by atoms with van der Waals surface area (Å²) in [7, 11) is 5.85. The number of phenolic OH excluding ortho intramolecular Hbond substituents is 1. The average molecular weight is 318 g/mol. The van der Waals surface area contributed by atoms with Gasteiger partial charge in [-0.25, -0.2) is 0 Å². The maximum atomic E-state index is 12.8. The molecule has 2 rings (SSSR count). The van der Waals surface area contributed by atoms with Crippen molar-refractivity contribution >= 4 is 5.78 Å². The largest absolute Gasteiger partial charge is 0.504 e. The van der Waals surface area contributed by atoms with Crippen LogP contribution < -0.4 is 18.9 Å². The Hall–Kier alpha value is -2.89. The first kappa shape index (κ1) is 16.5. The minimum Gasteiger partial charge on any atom is -0.504 e. The van der Waals surface area contributed by atoms with Crippen molar-refractivity contribution in [1.29, 1.82) is 0 Å². The molecule has 2 aromatic carbocycles. The molecule has 0 fully saturated rings. The van der Waals surface area contributed by atoms with Crippen molar-refractivity contribution in [2.75, 3.05) is 28.4 Å². The van der Waals surface area contributed by atoms with E-state index in [2.05, 4.69) is 0 Å². The Labute approximate surface area is 134 Å². The highest BCUT2D eigenvalue weighted by Gasteiger charge is 2.22. The van der Waals surface area contributed by atoms with Crippen molar-refractivity contribution in [2.45, 2.75) is 0 Å². The number of hydrogen-bond acceptors (Lipinski definition) is 6. The molecule has 0 saturated heterocycles. The third-order valence-corrected chi connectivity index (χ3v) is 3.38. The molecule has 2 aromatic rings. The SMILES string of the molecule is COc1cc(OC)c(C(=O)c2ccc(O)c(OC)c2)c(OC)c1. The van der Waals surface area contributed by atoms with E-state index in [9.17, 15) is 9.90 Å². The fraction of sp³-hybridized carbons (Fsp3) is 0.235. The first-order valence-electron chi connectivity index (χ1n) is 6.77. The van der Waals surface area contributed by atoms with Gasteiger partial charge < -0.3 is 24.1 Å². The number of hydrogen-bond donors (Lipinski definition) is 1. The Balaban J connectivity index is 2.58. The number of ketones is 1. The molecule has 0 bridgehead atoms. The number of methoxy groups -OCH3 is 4. The van der Waals surface area contributed by atoms with Crippen LogP contribution >= 0.6 is 0 Å². The highest BCUT2D eigenvalue weighted by atomic mass is 16.5. The highest BCUT2D eigenvalue weighted by Crippen LogP contribution is 2.36. The number of phenols is 1. The van der Waals surface area contributed by atoms with Crippen molar-refractivity contribution in [2.24, 2.45) is 0 Å². The van der Waals surface area contributed by atoms with Crippen LogP contribution in [0.25, 0.3) is 0 Å². The third-order valence-electron chi connectivity index (χ3n) is 3.38. The number of carbonyl (C=O) groups excluding carboxylic acids is 1. The molecular weight excluding hydrogens is 300 g/mol. The van der Waals surface area contributed by atoms with Gasteiger partial charge in [-0.3, -0.25) is 4.79 Å². The number of benzene rings is 2. The van der Waals surface area contributed by atoms with E-state index < -0.39 is 0 Å². The van der Waals surface area contributed by atoms with Gasteiger partial charge in [0.25, 0.3) is 0 Å². The zero-order valence-corrected chi connectivity index (χ0v) is 13.4. The first-order chi connectivity index (χ1) is 11.0. The monoisotopic (exact) mass is 318 g/mol. The predicted octanol–water partition coefficient (Wildman–Crippen LogP) is 2.66. The van der Waals surface area contributed by atoms with E-state index in [-0.39, 0.29) is 22.8 Å². The maximum Gasteiger partial charge on any atom is 0.200 e. The second-order valence-electron chi connectivity index (χ2n) is 4.62. The van der Waals surface area contributed by atoms with Gasteiger partial charge in [0, 0.05) is 17.7 Å². The molecule has 122 valence electrons. The Bertz CT molecular complexity index is 698. The van der Waals surface area contributed by atoms with Gasteiger partial charge in [0.1, 0.15) is 22.8 Å². The van der Waals surface area contributed by atoms with Gasteiger partial charge in [0.2, 0.25) is 5.78 Å². The summed E-state index contributed by atoms with van der Waals surface area (Å²) < 4.78 is 20.8. The van der Waals surface area contributed by atoms with Gasteiger partial charge in [-0.15, -0.1) is 0 Å². The number of ether oxygens (including phenoxy) is 4. The van der Waals surface area contributed by atoms with Crippen LogP contribution in [-0.2, 0) is 0 Å². The quantitative estimate of drug-likeness (QED) is 0.825. The van der Waals surface area contributed by atoms with Gasteiger partial charge in [0.05, 0.1) is 28.4 Å². The van der Waals surface area contributed by atoms with Crippen LogP contribution in [0.1, 0.15) is 15.9 Å². The molecule has 0 aliphatic rings. The van der Waals surface area contributed by atoms with E-state index in [1.54, 1.807) is 12.1 Å². The lowest BCUT2D eigenvalue weighted by atomic mass is 10.0. The highest BCUT2D eigenvalue weighted by molar-refractivity contribution is 6.13. The summed E-state index contributed by atoms with van der Waals surface area (Å²) in [6, 6.07) is 7.57. The summed E-state index contributed by atoms with van der Waals surface area (Å²) in [6.45, 7) is 0. The molecule has 0 aromatic heterocycles. The molecule has 0 saturated carbocycles. The molecular formula is C17H18O6. The van der Waals surface area contributed by atoms with Crippen LogP contribution in [0, 0.1) is 0 Å². The molecule has 0 radical (unpaired) electrons. The fourth-order valence-electron chi connectivity index (χ4n) is 2.19. The fourth-order valence-corrected chi connectivity index (χ4v) is 2.19. The van der Waals surface area contributed by atoms with Crippen molar-refractivity contribution in [3.8, 4) is 28.7 Å². The standard InChI is InChI=1S/C17H18O6/c1-20-11-8-14(22-3)16(15(9-11)23-4)17(19)10-5-6-12(18)13(7-10)21-2/h5-9,18H,1-4H3. The van der Waals surface area contributed by atoms with E-state index in [4.69, 9.17) is 18.9 Å². The molecule has 0 aliphatic heterocycles. The summed E-state index contributed by atoms with van der Waals surface area (Å²) in [5.41, 5.74) is 0.602. The van der Waals surface area contributed by atoms with Gasteiger partial charge in [-0.1, -0.05) is 0 Å². The van der Waals surface area contributed by atoms with Crippen LogP contribution in [0.15, 0.2) is 30.3 Å². The molecule has 0 unspecified atom stereocenters. The minimum atomic E-state index is -0.320. The van der Waals surface area contributed by atoms with Gasteiger partial charge in [0.15, 0.2) is 11.5 Å². The van der Waals surface area contributed by atoms with Crippen LogP contribution in [0.5, 0.6) is 28.7 Å². The number of aromatic hydroxyl groups is 1. The van der Waals surface area contributed by atoms with Crippen molar-refractivity contribution in [1.82, 2.24) is 0 Å². The lowest BCUT2D eigenvalue weighted by molar-refractivity contribution is 0.103.